The lowest BCUT2D eigenvalue weighted by Crippen LogP contribution is -2.07. The zero-order valence-electron chi connectivity index (χ0n) is 8.10. The molecule has 0 amide bonds. The molecule has 0 unspecified atom stereocenters. The van der Waals surface area contributed by atoms with E-state index in [1.54, 1.807) is 12.1 Å². The fourth-order valence-electron chi connectivity index (χ4n) is 2.29. The molecule has 0 atom stereocenters. The molecule has 1 aliphatic rings. The second-order valence-corrected chi connectivity index (χ2v) is 4.82. The van der Waals surface area contributed by atoms with E-state index in [-0.39, 0.29) is 5.82 Å². The third-order valence-electron chi connectivity index (χ3n) is 3.01. The van der Waals surface area contributed by atoms with Gasteiger partial charge in [-0.3, -0.25) is 0 Å². The first-order valence-corrected chi connectivity index (χ1v) is 6.02. The summed E-state index contributed by atoms with van der Waals surface area (Å²) < 4.78 is 14.5. The Balaban J connectivity index is 2.29. The summed E-state index contributed by atoms with van der Waals surface area (Å²) in [7, 11) is 0. The molecular formula is C12H14BrF. The molecule has 0 heterocycles. The van der Waals surface area contributed by atoms with Crippen LogP contribution in [0.5, 0.6) is 0 Å². The highest BCUT2D eigenvalue weighted by Crippen LogP contribution is 2.37. The van der Waals surface area contributed by atoms with Crippen LogP contribution in [0.1, 0.15) is 43.6 Å². The van der Waals surface area contributed by atoms with Gasteiger partial charge in [0.2, 0.25) is 0 Å². The number of halogens is 2. The largest absolute Gasteiger partial charge is 0.207 e. The number of hydrogen-bond donors (Lipinski definition) is 0. The summed E-state index contributed by atoms with van der Waals surface area (Å²) in [6.07, 6.45) is 6.07. The lowest BCUT2D eigenvalue weighted by molar-refractivity contribution is 0.428. The lowest BCUT2D eigenvalue weighted by Gasteiger charge is -2.23. The maximum atomic E-state index is 13.6. The molecule has 0 aliphatic heterocycles. The third kappa shape index (κ3) is 2.00. The summed E-state index contributed by atoms with van der Waals surface area (Å²) in [4.78, 5) is 0. The Labute approximate surface area is 92.6 Å². The van der Waals surface area contributed by atoms with Crippen LogP contribution >= 0.6 is 15.9 Å². The van der Waals surface area contributed by atoms with E-state index < -0.39 is 0 Å². The SMILES string of the molecule is Fc1cccc(Br)c1C1CCCCC1. The van der Waals surface area contributed by atoms with Crippen LogP contribution in [0.3, 0.4) is 0 Å². The standard InChI is InChI=1S/C12H14BrF/c13-10-7-4-8-11(14)12(10)9-5-2-1-3-6-9/h4,7-9H,1-3,5-6H2. The quantitative estimate of drug-likeness (QED) is 0.687. The van der Waals surface area contributed by atoms with E-state index in [1.165, 1.54) is 19.3 Å². The molecule has 1 fully saturated rings. The van der Waals surface area contributed by atoms with Crippen LogP contribution in [0, 0.1) is 5.82 Å². The first-order valence-electron chi connectivity index (χ1n) is 5.23. The van der Waals surface area contributed by atoms with Crippen LogP contribution < -0.4 is 0 Å². The van der Waals surface area contributed by atoms with Gasteiger partial charge in [0, 0.05) is 10.0 Å². The van der Waals surface area contributed by atoms with Gasteiger partial charge < -0.3 is 0 Å². The predicted molar refractivity (Wildman–Crippen MR) is 59.9 cm³/mol. The zero-order valence-corrected chi connectivity index (χ0v) is 9.69. The van der Waals surface area contributed by atoms with Gasteiger partial charge in [-0.2, -0.15) is 0 Å². The van der Waals surface area contributed by atoms with Crippen molar-refractivity contribution in [3.8, 4) is 0 Å². The van der Waals surface area contributed by atoms with Gasteiger partial charge in [0.1, 0.15) is 5.82 Å². The minimum atomic E-state index is -0.0497. The van der Waals surface area contributed by atoms with Crippen molar-refractivity contribution < 1.29 is 4.39 Å². The molecule has 0 nitrogen and oxygen atoms in total. The summed E-state index contributed by atoms with van der Waals surface area (Å²) in [5, 5.41) is 0. The van der Waals surface area contributed by atoms with E-state index >= 15 is 0 Å². The van der Waals surface area contributed by atoms with E-state index in [0.717, 1.165) is 22.9 Å². The first kappa shape index (κ1) is 10.2. The van der Waals surface area contributed by atoms with Gasteiger partial charge in [0.15, 0.2) is 0 Å². The molecule has 2 heteroatoms. The van der Waals surface area contributed by atoms with Gasteiger partial charge in [-0.1, -0.05) is 41.3 Å². The van der Waals surface area contributed by atoms with Gasteiger partial charge in [0.25, 0.3) is 0 Å². The maximum Gasteiger partial charge on any atom is 0.127 e. The highest BCUT2D eigenvalue weighted by atomic mass is 79.9. The Morgan fingerprint density at radius 3 is 2.50 bits per heavy atom. The minimum Gasteiger partial charge on any atom is -0.207 e. The third-order valence-corrected chi connectivity index (χ3v) is 3.70. The molecule has 14 heavy (non-hydrogen) atoms. The van der Waals surface area contributed by atoms with Crippen molar-refractivity contribution in [2.24, 2.45) is 0 Å². The van der Waals surface area contributed by atoms with Crippen molar-refractivity contribution in [2.75, 3.05) is 0 Å². The predicted octanol–water partition coefficient (Wildman–Crippen LogP) is 4.64. The van der Waals surface area contributed by atoms with Crippen molar-refractivity contribution in [1.82, 2.24) is 0 Å². The fraction of sp³-hybridized carbons (Fsp3) is 0.500. The monoisotopic (exact) mass is 256 g/mol. The van der Waals surface area contributed by atoms with Gasteiger partial charge in [-0.25, -0.2) is 4.39 Å². The normalized spacial score (nSPS) is 18.4. The van der Waals surface area contributed by atoms with E-state index in [9.17, 15) is 4.39 Å². The van der Waals surface area contributed by atoms with Crippen LogP contribution in [0.4, 0.5) is 4.39 Å². The molecule has 0 N–H and O–H groups in total. The molecule has 0 saturated heterocycles. The molecule has 0 spiro atoms. The summed E-state index contributed by atoms with van der Waals surface area (Å²) in [5.41, 5.74) is 0.896. The second kappa shape index (κ2) is 4.43. The van der Waals surface area contributed by atoms with Crippen molar-refractivity contribution >= 4 is 15.9 Å². The molecule has 0 bridgehead atoms. The van der Waals surface area contributed by atoms with Crippen LogP contribution in [0.15, 0.2) is 22.7 Å². The van der Waals surface area contributed by atoms with Gasteiger partial charge >= 0.3 is 0 Å². The Morgan fingerprint density at radius 1 is 1.14 bits per heavy atom. The molecule has 1 aromatic carbocycles. The average molecular weight is 257 g/mol. The maximum absolute atomic E-state index is 13.6. The summed E-state index contributed by atoms with van der Waals surface area (Å²) in [6.45, 7) is 0. The van der Waals surface area contributed by atoms with Crippen molar-refractivity contribution in [3.05, 3.63) is 34.1 Å². The number of benzene rings is 1. The zero-order chi connectivity index (χ0) is 9.97. The van der Waals surface area contributed by atoms with Gasteiger partial charge in [-0.15, -0.1) is 0 Å². The molecule has 0 radical (unpaired) electrons. The topological polar surface area (TPSA) is 0 Å². The summed E-state index contributed by atoms with van der Waals surface area (Å²) >= 11 is 3.44. The number of rotatable bonds is 1. The molecule has 2 rings (SSSR count). The van der Waals surface area contributed by atoms with E-state index in [4.69, 9.17) is 0 Å². The van der Waals surface area contributed by atoms with Gasteiger partial charge in [-0.05, 0) is 30.9 Å². The van der Waals surface area contributed by atoms with Crippen molar-refractivity contribution in [3.63, 3.8) is 0 Å². The smallest absolute Gasteiger partial charge is 0.127 e. The van der Waals surface area contributed by atoms with E-state index in [0.29, 0.717) is 5.92 Å². The Bertz CT molecular complexity index is 296. The summed E-state index contributed by atoms with van der Waals surface area (Å²) in [6, 6.07) is 5.26. The molecule has 0 aromatic heterocycles. The highest BCUT2D eigenvalue weighted by molar-refractivity contribution is 9.10. The fourth-order valence-corrected chi connectivity index (χ4v) is 2.96. The van der Waals surface area contributed by atoms with Crippen molar-refractivity contribution in [1.29, 1.82) is 0 Å². The lowest BCUT2D eigenvalue weighted by atomic mass is 9.84. The first-order chi connectivity index (χ1) is 6.79. The molecule has 76 valence electrons. The number of hydrogen-bond acceptors (Lipinski definition) is 0. The Kier molecular flexibility index (Phi) is 3.22. The van der Waals surface area contributed by atoms with Gasteiger partial charge in [0.05, 0.1) is 0 Å². The molecule has 1 aliphatic carbocycles. The summed E-state index contributed by atoms with van der Waals surface area (Å²) in [5.74, 6) is 0.380. The van der Waals surface area contributed by atoms with E-state index in [1.807, 2.05) is 6.07 Å². The molecular weight excluding hydrogens is 243 g/mol. The minimum absolute atomic E-state index is 0.0497. The van der Waals surface area contributed by atoms with Crippen molar-refractivity contribution in [2.45, 2.75) is 38.0 Å². The molecule has 1 aromatic rings. The molecule has 1 saturated carbocycles. The van der Waals surface area contributed by atoms with Crippen LogP contribution in [-0.4, -0.2) is 0 Å². The van der Waals surface area contributed by atoms with Crippen LogP contribution in [-0.2, 0) is 0 Å². The highest BCUT2D eigenvalue weighted by Gasteiger charge is 2.20. The second-order valence-electron chi connectivity index (χ2n) is 3.97. The average Bonchev–Trinajstić information content (AvgIpc) is 2.19. The van der Waals surface area contributed by atoms with Crippen LogP contribution in [0.2, 0.25) is 0 Å². The van der Waals surface area contributed by atoms with Crippen LogP contribution in [0.25, 0.3) is 0 Å². The van der Waals surface area contributed by atoms with E-state index in [2.05, 4.69) is 15.9 Å². The Hall–Kier alpha value is -0.370. The Morgan fingerprint density at radius 2 is 1.86 bits per heavy atom.